The Morgan fingerprint density at radius 1 is 1.32 bits per heavy atom. The molecular weight excluding hydrogens is 298 g/mol. The third-order valence-corrected chi connectivity index (χ3v) is 2.53. The summed E-state index contributed by atoms with van der Waals surface area (Å²) in [7, 11) is 0. The van der Waals surface area contributed by atoms with Crippen LogP contribution in [0.4, 0.5) is 4.39 Å². The summed E-state index contributed by atoms with van der Waals surface area (Å²) >= 11 is 11.0. The van der Waals surface area contributed by atoms with Crippen molar-refractivity contribution < 1.29 is 18.8 Å². The van der Waals surface area contributed by atoms with Gasteiger partial charge in [-0.25, -0.2) is 14.2 Å². The predicted octanol–water partition coefficient (Wildman–Crippen LogP) is 2.76. The lowest BCUT2D eigenvalue weighted by Gasteiger charge is -2.16. The molecule has 8 heteroatoms. The number of hydrogen-bond donors (Lipinski definition) is 1. The van der Waals surface area contributed by atoms with E-state index in [9.17, 15) is 14.0 Å². The normalized spacial score (nSPS) is 11.1. The molecule has 104 valence electrons. The van der Waals surface area contributed by atoms with Gasteiger partial charge in [-0.2, -0.15) is 5.48 Å². The van der Waals surface area contributed by atoms with E-state index >= 15 is 0 Å². The van der Waals surface area contributed by atoms with Gasteiger partial charge in [0.2, 0.25) is 0 Å². The van der Waals surface area contributed by atoms with Gasteiger partial charge < -0.3 is 4.84 Å². The van der Waals surface area contributed by atoms with E-state index in [-0.39, 0.29) is 10.7 Å². The Balaban J connectivity index is 2.80. The van der Waals surface area contributed by atoms with E-state index in [0.29, 0.717) is 0 Å². The molecule has 0 aliphatic carbocycles. The van der Waals surface area contributed by atoms with Gasteiger partial charge in [-0.3, -0.25) is 4.79 Å². The van der Waals surface area contributed by atoms with Crippen LogP contribution in [0.15, 0.2) is 6.07 Å². The van der Waals surface area contributed by atoms with Gasteiger partial charge >= 0.3 is 5.97 Å². The molecule has 5 nitrogen and oxygen atoms in total. The number of aromatic nitrogens is 1. The largest absolute Gasteiger partial charge is 0.340 e. The summed E-state index contributed by atoms with van der Waals surface area (Å²) in [6.07, 6.45) is 0. The number of amides is 1. The fourth-order valence-electron chi connectivity index (χ4n) is 0.906. The molecule has 0 radical (unpaired) electrons. The Morgan fingerprint density at radius 3 is 2.42 bits per heavy atom. The average Bonchev–Trinajstić information content (AvgIpc) is 2.29. The van der Waals surface area contributed by atoms with Crippen molar-refractivity contribution in [2.75, 3.05) is 0 Å². The third-order valence-electron chi connectivity index (χ3n) is 1.98. The van der Waals surface area contributed by atoms with Crippen LogP contribution in [0.3, 0.4) is 0 Å². The molecule has 0 aromatic carbocycles. The highest BCUT2D eigenvalue weighted by Gasteiger charge is 2.25. The molecule has 0 unspecified atom stereocenters. The topological polar surface area (TPSA) is 68.3 Å². The van der Waals surface area contributed by atoms with Crippen LogP contribution in [-0.2, 0) is 9.63 Å². The molecule has 0 aliphatic rings. The Morgan fingerprint density at radius 2 is 1.89 bits per heavy atom. The SMILES string of the molecule is CC(C)(C)C(=O)ONC(=O)c1cc(F)c(Cl)nc1Cl. The van der Waals surface area contributed by atoms with E-state index in [4.69, 9.17) is 23.2 Å². The summed E-state index contributed by atoms with van der Waals surface area (Å²) < 4.78 is 13.2. The second-order valence-corrected chi connectivity index (χ2v) is 5.39. The van der Waals surface area contributed by atoms with Crippen LogP contribution >= 0.6 is 23.2 Å². The van der Waals surface area contributed by atoms with E-state index in [1.165, 1.54) is 0 Å². The molecule has 1 heterocycles. The number of hydroxylamine groups is 1. The smallest absolute Gasteiger partial charge is 0.337 e. The number of pyridine rings is 1. The van der Waals surface area contributed by atoms with Crippen LogP contribution in [0.5, 0.6) is 0 Å². The lowest BCUT2D eigenvalue weighted by atomic mass is 9.98. The van der Waals surface area contributed by atoms with Crippen molar-refractivity contribution in [2.24, 2.45) is 5.41 Å². The van der Waals surface area contributed by atoms with Crippen LogP contribution in [-0.4, -0.2) is 16.9 Å². The number of carbonyl (C=O) groups is 2. The van der Waals surface area contributed by atoms with Crippen molar-refractivity contribution in [2.45, 2.75) is 20.8 Å². The molecule has 0 fully saturated rings. The maximum absolute atomic E-state index is 13.2. The van der Waals surface area contributed by atoms with E-state index in [2.05, 4.69) is 9.82 Å². The van der Waals surface area contributed by atoms with E-state index < -0.39 is 28.3 Å². The average molecular weight is 309 g/mol. The summed E-state index contributed by atoms with van der Waals surface area (Å²) in [6, 6.07) is 0.803. The zero-order valence-electron chi connectivity index (χ0n) is 10.4. The van der Waals surface area contributed by atoms with Crippen LogP contribution in [0.25, 0.3) is 0 Å². The summed E-state index contributed by atoms with van der Waals surface area (Å²) in [5, 5.41) is -0.746. The van der Waals surface area contributed by atoms with Crippen molar-refractivity contribution in [3.63, 3.8) is 0 Å². The number of nitrogens with zero attached hydrogens (tertiary/aromatic N) is 1. The van der Waals surface area contributed by atoms with Crippen molar-refractivity contribution in [1.29, 1.82) is 0 Å². The molecular formula is C11H11Cl2FN2O3. The fourth-order valence-corrected chi connectivity index (χ4v) is 1.31. The fraction of sp³-hybridized carbons (Fsp3) is 0.364. The Kier molecular flexibility index (Phi) is 4.70. The van der Waals surface area contributed by atoms with Crippen LogP contribution in [0, 0.1) is 11.2 Å². The third kappa shape index (κ3) is 4.04. The molecule has 0 aliphatic heterocycles. The van der Waals surface area contributed by atoms with Gasteiger partial charge in [0.05, 0.1) is 11.0 Å². The highest BCUT2D eigenvalue weighted by Crippen LogP contribution is 2.20. The van der Waals surface area contributed by atoms with Gasteiger partial charge in [-0.15, -0.1) is 0 Å². The molecule has 0 atom stereocenters. The first-order valence-electron chi connectivity index (χ1n) is 5.16. The standard InChI is InChI=1S/C11H11Cl2FN2O3/c1-11(2,3)10(18)19-16-9(17)5-4-6(14)8(13)15-7(5)12/h4H,1-3H3,(H,16,17). The predicted molar refractivity (Wildman–Crippen MR) is 67.2 cm³/mol. The zero-order chi connectivity index (χ0) is 14.8. The minimum Gasteiger partial charge on any atom is -0.340 e. The van der Waals surface area contributed by atoms with Gasteiger partial charge in [0.1, 0.15) is 5.15 Å². The first-order chi connectivity index (χ1) is 8.62. The Bertz CT molecular complexity index is 529. The monoisotopic (exact) mass is 308 g/mol. The number of halogens is 3. The highest BCUT2D eigenvalue weighted by atomic mass is 35.5. The molecule has 1 N–H and O–H groups in total. The van der Waals surface area contributed by atoms with Gasteiger partial charge in [-0.05, 0) is 26.8 Å². The first-order valence-corrected chi connectivity index (χ1v) is 5.91. The van der Waals surface area contributed by atoms with E-state index in [0.717, 1.165) is 6.07 Å². The van der Waals surface area contributed by atoms with Crippen LogP contribution < -0.4 is 5.48 Å². The maximum atomic E-state index is 13.2. The number of nitrogens with one attached hydrogen (secondary N) is 1. The minimum atomic E-state index is -0.904. The molecule has 0 spiro atoms. The molecule has 1 aromatic rings. The summed E-state index contributed by atoms with van der Waals surface area (Å²) in [6.45, 7) is 4.83. The van der Waals surface area contributed by atoms with E-state index in [1.54, 1.807) is 20.8 Å². The first kappa shape index (κ1) is 15.7. The molecule has 1 rings (SSSR count). The lowest BCUT2D eigenvalue weighted by molar-refractivity contribution is -0.158. The summed E-state index contributed by atoms with van der Waals surface area (Å²) in [5.74, 6) is -2.46. The maximum Gasteiger partial charge on any atom is 0.337 e. The van der Waals surface area contributed by atoms with Gasteiger partial charge in [-0.1, -0.05) is 23.2 Å². The highest BCUT2D eigenvalue weighted by molar-refractivity contribution is 6.34. The second-order valence-electron chi connectivity index (χ2n) is 4.67. The summed E-state index contributed by atoms with van der Waals surface area (Å²) in [5.41, 5.74) is 0.792. The number of hydrogen-bond acceptors (Lipinski definition) is 4. The lowest BCUT2D eigenvalue weighted by Crippen LogP contribution is -2.33. The van der Waals surface area contributed by atoms with Gasteiger partial charge in [0.25, 0.3) is 5.91 Å². The molecule has 0 saturated carbocycles. The van der Waals surface area contributed by atoms with Gasteiger partial charge in [0.15, 0.2) is 11.0 Å². The molecule has 19 heavy (non-hydrogen) atoms. The van der Waals surface area contributed by atoms with Crippen molar-refractivity contribution in [3.05, 3.63) is 27.8 Å². The van der Waals surface area contributed by atoms with Gasteiger partial charge in [0, 0.05) is 0 Å². The zero-order valence-corrected chi connectivity index (χ0v) is 11.9. The molecule has 1 amide bonds. The Labute approximate surface area is 119 Å². The molecule has 0 bridgehead atoms. The van der Waals surface area contributed by atoms with Crippen molar-refractivity contribution in [3.8, 4) is 0 Å². The Hall–Kier alpha value is -1.40. The van der Waals surface area contributed by atoms with Crippen LogP contribution in [0.2, 0.25) is 10.3 Å². The second kappa shape index (κ2) is 5.71. The molecule has 1 aromatic heterocycles. The minimum absolute atomic E-state index is 0.287. The van der Waals surface area contributed by atoms with Crippen LogP contribution in [0.1, 0.15) is 31.1 Å². The molecule has 0 saturated heterocycles. The number of rotatable bonds is 1. The van der Waals surface area contributed by atoms with Crippen molar-refractivity contribution in [1.82, 2.24) is 10.5 Å². The summed E-state index contributed by atoms with van der Waals surface area (Å²) in [4.78, 5) is 31.1. The van der Waals surface area contributed by atoms with Crippen molar-refractivity contribution >= 4 is 35.1 Å². The number of carbonyl (C=O) groups excluding carboxylic acids is 2. The quantitative estimate of drug-likeness (QED) is 0.640. The van der Waals surface area contributed by atoms with E-state index in [1.807, 2.05) is 5.48 Å².